The molecule has 23 heavy (non-hydrogen) atoms. The molecule has 1 fully saturated rings. The Morgan fingerprint density at radius 2 is 2.17 bits per heavy atom. The molecule has 6 N–H and O–H groups in total. The molecule has 1 unspecified atom stereocenters. The summed E-state index contributed by atoms with van der Waals surface area (Å²) in [5.41, 5.74) is 11.8. The molecule has 0 saturated carbocycles. The van der Waals surface area contributed by atoms with Gasteiger partial charge in [0.25, 0.3) is 0 Å². The normalized spacial score (nSPS) is 18.7. The number of aromatic nitrogens is 3. The number of nitrogens with zero attached hydrogens (tertiary/aromatic N) is 3. The number of nitrogens with two attached hydrogens (primary N) is 2. The maximum absolute atomic E-state index is 12.9. The summed E-state index contributed by atoms with van der Waals surface area (Å²) in [7, 11) is 0. The predicted molar refractivity (Wildman–Crippen MR) is 86.6 cm³/mol. The number of aliphatic hydroxyl groups is 1. The average molecular weight is 324 g/mol. The third kappa shape index (κ3) is 4.81. The molecule has 1 saturated heterocycles. The Morgan fingerprint density at radius 3 is 2.83 bits per heavy atom. The van der Waals surface area contributed by atoms with Crippen LogP contribution >= 0.6 is 0 Å². The van der Waals surface area contributed by atoms with Gasteiger partial charge in [-0.2, -0.15) is 0 Å². The molecular formula is C15H28N6O2. The molecule has 2 atom stereocenters. The smallest absolute Gasteiger partial charge is 0.160 e. The van der Waals surface area contributed by atoms with E-state index in [0.717, 1.165) is 38.8 Å². The lowest BCUT2D eigenvalue weighted by atomic mass is 9.88. The number of nitrogens with one attached hydrogen (secondary N) is 1. The van der Waals surface area contributed by atoms with Crippen LogP contribution in [0.3, 0.4) is 0 Å². The number of hydrogen-bond acceptors (Lipinski definition) is 7. The SMILES string of the molecule is NCCCCC(C(=O)C1CCNCC1)n1cc([C@@H](N)CO)nn1. The van der Waals surface area contributed by atoms with Crippen LogP contribution in [0.1, 0.15) is 49.9 Å². The van der Waals surface area contributed by atoms with Crippen LogP contribution in [-0.4, -0.2) is 52.1 Å². The zero-order valence-electron chi connectivity index (χ0n) is 13.5. The molecule has 8 nitrogen and oxygen atoms in total. The molecule has 1 aliphatic heterocycles. The molecule has 2 heterocycles. The lowest BCUT2D eigenvalue weighted by molar-refractivity contribution is -0.127. The third-order valence-electron chi connectivity index (χ3n) is 4.43. The maximum atomic E-state index is 12.9. The molecule has 130 valence electrons. The highest BCUT2D eigenvalue weighted by atomic mass is 16.3. The van der Waals surface area contributed by atoms with Gasteiger partial charge in [0.15, 0.2) is 5.78 Å². The van der Waals surface area contributed by atoms with Crippen molar-refractivity contribution in [2.45, 2.75) is 44.2 Å². The Bertz CT molecular complexity index is 486. The van der Waals surface area contributed by atoms with Crippen molar-refractivity contribution in [1.82, 2.24) is 20.3 Å². The Balaban J connectivity index is 2.12. The van der Waals surface area contributed by atoms with Crippen LogP contribution in [0, 0.1) is 5.92 Å². The summed E-state index contributed by atoms with van der Waals surface area (Å²) in [4.78, 5) is 12.9. The molecule has 1 aliphatic rings. The van der Waals surface area contributed by atoms with Gasteiger partial charge in [0.2, 0.25) is 0 Å². The summed E-state index contributed by atoms with van der Waals surface area (Å²) in [5, 5.41) is 20.5. The van der Waals surface area contributed by atoms with E-state index in [1.165, 1.54) is 0 Å². The number of Topliss-reactive ketones (excluding diaryl/α,β-unsaturated/α-hetero) is 1. The molecule has 0 bridgehead atoms. The molecule has 2 rings (SSSR count). The summed E-state index contributed by atoms with van der Waals surface area (Å²) in [6.45, 7) is 2.18. The second kappa shape index (κ2) is 9.07. The van der Waals surface area contributed by atoms with E-state index in [4.69, 9.17) is 16.6 Å². The van der Waals surface area contributed by atoms with E-state index in [2.05, 4.69) is 15.6 Å². The third-order valence-corrected chi connectivity index (χ3v) is 4.43. The monoisotopic (exact) mass is 324 g/mol. The van der Waals surface area contributed by atoms with Crippen molar-refractivity contribution >= 4 is 5.78 Å². The minimum atomic E-state index is -0.567. The number of piperidine rings is 1. The lowest BCUT2D eigenvalue weighted by Gasteiger charge is -2.26. The van der Waals surface area contributed by atoms with E-state index in [0.29, 0.717) is 18.7 Å². The van der Waals surface area contributed by atoms with Crippen LogP contribution in [0.4, 0.5) is 0 Å². The van der Waals surface area contributed by atoms with Gasteiger partial charge in [-0.25, -0.2) is 4.68 Å². The van der Waals surface area contributed by atoms with Crippen LogP contribution in [0.5, 0.6) is 0 Å². The molecule has 0 aromatic carbocycles. The quantitative estimate of drug-likeness (QED) is 0.451. The topological polar surface area (TPSA) is 132 Å². The number of aliphatic hydroxyl groups excluding tert-OH is 1. The van der Waals surface area contributed by atoms with E-state index in [9.17, 15) is 4.79 Å². The maximum Gasteiger partial charge on any atom is 0.160 e. The zero-order valence-corrected chi connectivity index (χ0v) is 13.5. The predicted octanol–water partition coefficient (Wildman–Crippen LogP) is -0.491. The Kier molecular flexibility index (Phi) is 7.10. The van der Waals surface area contributed by atoms with Gasteiger partial charge < -0.3 is 21.9 Å². The fraction of sp³-hybridized carbons (Fsp3) is 0.800. The van der Waals surface area contributed by atoms with Gasteiger partial charge in [-0.15, -0.1) is 5.10 Å². The summed E-state index contributed by atoms with van der Waals surface area (Å²) >= 11 is 0. The molecule has 0 aliphatic carbocycles. The van der Waals surface area contributed by atoms with Crippen molar-refractivity contribution in [3.8, 4) is 0 Å². The summed E-state index contributed by atoms with van der Waals surface area (Å²) in [6.07, 6.45) is 5.88. The Labute approximate surface area is 136 Å². The van der Waals surface area contributed by atoms with Gasteiger partial charge >= 0.3 is 0 Å². The fourth-order valence-corrected chi connectivity index (χ4v) is 2.97. The van der Waals surface area contributed by atoms with E-state index < -0.39 is 6.04 Å². The van der Waals surface area contributed by atoms with Gasteiger partial charge in [-0.1, -0.05) is 5.21 Å². The number of rotatable bonds is 9. The van der Waals surface area contributed by atoms with Crippen LogP contribution in [0.2, 0.25) is 0 Å². The Morgan fingerprint density at radius 1 is 1.43 bits per heavy atom. The second-order valence-electron chi connectivity index (χ2n) is 6.14. The van der Waals surface area contributed by atoms with E-state index in [1.54, 1.807) is 10.9 Å². The second-order valence-corrected chi connectivity index (χ2v) is 6.14. The lowest BCUT2D eigenvalue weighted by Crippen LogP contribution is -2.35. The fourth-order valence-electron chi connectivity index (χ4n) is 2.97. The minimum absolute atomic E-state index is 0.0679. The molecule has 1 aromatic heterocycles. The largest absolute Gasteiger partial charge is 0.394 e. The van der Waals surface area contributed by atoms with Crippen molar-refractivity contribution in [2.24, 2.45) is 17.4 Å². The van der Waals surface area contributed by atoms with Gasteiger partial charge in [0.1, 0.15) is 11.7 Å². The first kappa shape index (κ1) is 18.0. The van der Waals surface area contributed by atoms with Crippen LogP contribution in [0.25, 0.3) is 0 Å². The van der Waals surface area contributed by atoms with Crippen molar-refractivity contribution in [2.75, 3.05) is 26.2 Å². The van der Waals surface area contributed by atoms with Crippen LogP contribution in [0.15, 0.2) is 6.20 Å². The molecule has 0 amide bonds. The van der Waals surface area contributed by atoms with Crippen molar-refractivity contribution in [1.29, 1.82) is 0 Å². The zero-order chi connectivity index (χ0) is 16.7. The van der Waals surface area contributed by atoms with Gasteiger partial charge in [-0.05, 0) is 51.7 Å². The van der Waals surface area contributed by atoms with Gasteiger partial charge in [0, 0.05) is 5.92 Å². The van der Waals surface area contributed by atoms with E-state index in [-0.39, 0.29) is 24.3 Å². The highest BCUT2D eigenvalue weighted by Crippen LogP contribution is 2.25. The van der Waals surface area contributed by atoms with Gasteiger partial charge in [0.05, 0.1) is 18.8 Å². The first-order valence-electron chi connectivity index (χ1n) is 8.40. The van der Waals surface area contributed by atoms with E-state index in [1.807, 2.05) is 0 Å². The average Bonchev–Trinajstić information content (AvgIpc) is 3.08. The molecule has 8 heteroatoms. The molecule has 0 radical (unpaired) electrons. The van der Waals surface area contributed by atoms with Crippen LogP contribution in [-0.2, 0) is 4.79 Å². The standard InChI is InChI=1S/C15H28N6O2/c16-6-2-1-3-14(15(23)11-4-7-18-8-5-11)21-9-13(19-20-21)12(17)10-22/h9,11-12,14,18,22H,1-8,10,16-17H2/t12-,14?/m0/s1. The first-order valence-corrected chi connectivity index (χ1v) is 8.40. The minimum Gasteiger partial charge on any atom is -0.394 e. The van der Waals surface area contributed by atoms with E-state index >= 15 is 0 Å². The van der Waals surface area contributed by atoms with Gasteiger partial charge in [-0.3, -0.25) is 4.79 Å². The summed E-state index contributed by atoms with van der Waals surface area (Å²) < 4.78 is 1.62. The molecular weight excluding hydrogens is 296 g/mol. The van der Waals surface area contributed by atoms with Crippen molar-refractivity contribution in [3.05, 3.63) is 11.9 Å². The molecule has 1 aromatic rings. The number of ketones is 1. The van der Waals surface area contributed by atoms with Crippen molar-refractivity contribution < 1.29 is 9.90 Å². The highest BCUT2D eigenvalue weighted by Gasteiger charge is 2.30. The number of carbonyl (C=O) groups excluding carboxylic acids is 1. The summed E-state index contributed by atoms with van der Waals surface area (Å²) in [5.74, 6) is 0.288. The van der Waals surface area contributed by atoms with Crippen LogP contribution < -0.4 is 16.8 Å². The van der Waals surface area contributed by atoms with Crippen molar-refractivity contribution in [3.63, 3.8) is 0 Å². The number of carbonyl (C=O) groups is 1. The number of hydrogen-bond donors (Lipinski definition) is 4. The first-order chi connectivity index (χ1) is 11.2. The highest BCUT2D eigenvalue weighted by molar-refractivity contribution is 5.85. The number of unbranched alkanes of at least 4 members (excludes halogenated alkanes) is 1. The molecule has 0 spiro atoms. The Hall–Kier alpha value is -1.35. The summed E-state index contributed by atoms with van der Waals surface area (Å²) in [6, 6.07) is -0.890.